The quantitative estimate of drug-likeness (QED) is 0.684. The van der Waals surface area contributed by atoms with E-state index in [0.29, 0.717) is 11.3 Å². The summed E-state index contributed by atoms with van der Waals surface area (Å²) in [6.45, 7) is 1.93. The highest BCUT2D eigenvalue weighted by Crippen LogP contribution is 2.07. The summed E-state index contributed by atoms with van der Waals surface area (Å²) in [6.07, 6.45) is 1.46. The molecule has 0 unspecified atom stereocenters. The second kappa shape index (κ2) is 3.92. The Kier molecular flexibility index (Phi) is 2.88. The van der Waals surface area contributed by atoms with E-state index < -0.39 is 0 Å². The van der Waals surface area contributed by atoms with Gasteiger partial charge in [-0.1, -0.05) is 0 Å². The predicted octanol–water partition coefficient (Wildman–Crippen LogP) is 0.310. The third-order valence-electron chi connectivity index (χ3n) is 1.50. The molecule has 0 bridgehead atoms. The van der Waals surface area contributed by atoms with Gasteiger partial charge in [0.25, 0.3) is 5.91 Å². The molecule has 0 fully saturated rings. The zero-order valence-corrected chi connectivity index (χ0v) is 6.83. The maximum Gasteiger partial charge on any atom is 0.254 e. The van der Waals surface area contributed by atoms with Crippen LogP contribution >= 0.6 is 0 Å². The van der Waals surface area contributed by atoms with Crippen LogP contribution in [0.3, 0.4) is 0 Å². The first-order valence-electron chi connectivity index (χ1n) is 3.69. The number of hydrogen-bond acceptors (Lipinski definition) is 3. The van der Waals surface area contributed by atoms with Crippen molar-refractivity contribution in [2.24, 2.45) is 0 Å². The Morgan fingerprint density at radius 2 is 2.50 bits per heavy atom. The Morgan fingerprint density at radius 3 is 3.00 bits per heavy atom. The summed E-state index contributed by atoms with van der Waals surface area (Å²) in [6, 6.07) is 1.60. The van der Waals surface area contributed by atoms with Gasteiger partial charge in [-0.2, -0.15) is 0 Å². The maximum atomic E-state index is 11.2. The van der Waals surface area contributed by atoms with E-state index in [1.807, 2.05) is 0 Å². The molecule has 1 aromatic rings. The molecule has 0 aliphatic rings. The van der Waals surface area contributed by atoms with E-state index in [1.54, 1.807) is 13.0 Å². The zero-order valence-electron chi connectivity index (χ0n) is 6.83. The second-order valence-electron chi connectivity index (χ2n) is 2.37. The molecule has 2 N–H and O–H groups in total. The van der Waals surface area contributed by atoms with Crippen LogP contribution in [0.2, 0.25) is 0 Å². The molecule has 66 valence electrons. The van der Waals surface area contributed by atoms with Crippen LogP contribution in [0.5, 0.6) is 0 Å². The molecular weight excluding hydrogens is 158 g/mol. The maximum absolute atomic E-state index is 11.2. The highest BCUT2D eigenvalue weighted by atomic mass is 16.3. The van der Waals surface area contributed by atoms with Crippen LogP contribution in [0.1, 0.15) is 16.1 Å². The molecule has 1 heterocycles. The van der Waals surface area contributed by atoms with Gasteiger partial charge in [-0.05, 0) is 13.0 Å². The number of carbonyl (C=O) groups excluding carboxylic acids is 1. The fourth-order valence-electron chi connectivity index (χ4n) is 0.885. The van der Waals surface area contributed by atoms with Crippen LogP contribution in [0.4, 0.5) is 0 Å². The summed E-state index contributed by atoms with van der Waals surface area (Å²) in [7, 11) is 0. The first-order valence-corrected chi connectivity index (χ1v) is 3.69. The van der Waals surface area contributed by atoms with E-state index in [4.69, 9.17) is 9.52 Å². The molecule has 0 spiro atoms. The molecule has 1 aromatic heterocycles. The molecular formula is C8H11NO3. The molecule has 0 aliphatic carbocycles. The van der Waals surface area contributed by atoms with Gasteiger partial charge < -0.3 is 14.8 Å². The molecule has 1 amide bonds. The minimum absolute atomic E-state index is 0.0529. The molecule has 4 nitrogen and oxygen atoms in total. The first-order chi connectivity index (χ1) is 5.75. The number of rotatable bonds is 3. The Bertz CT molecular complexity index is 267. The number of hydrogen-bond donors (Lipinski definition) is 2. The van der Waals surface area contributed by atoms with E-state index in [-0.39, 0.29) is 19.1 Å². The smallest absolute Gasteiger partial charge is 0.254 e. The molecule has 0 atom stereocenters. The van der Waals surface area contributed by atoms with E-state index in [0.717, 1.165) is 0 Å². The van der Waals surface area contributed by atoms with Crippen molar-refractivity contribution in [3.05, 3.63) is 23.7 Å². The highest BCUT2D eigenvalue weighted by Gasteiger charge is 2.09. The number of furan rings is 1. The minimum atomic E-state index is -0.213. The van der Waals surface area contributed by atoms with Crippen molar-refractivity contribution < 1.29 is 14.3 Å². The number of aliphatic hydroxyl groups is 1. The normalized spacial score (nSPS) is 9.83. The average Bonchev–Trinajstić information content (AvgIpc) is 2.47. The van der Waals surface area contributed by atoms with Crippen LogP contribution in [0, 0.1) is 6.92 Å². The van der Waals surface area contributed by atoms with Crippen molar-refractivity contribution in [2.45, 2.75) is 6.92 Å². The third kappa shape index (κ3) is 1.85. The Hall–Kier alpha value is -1.29. The molecule has 0 aliphatic heterocycles. The summed E-state index contributed by atoms with van der Waals surface area (Å²) in [5.41, 5.74) is 0.517. The fraction of sp³-hybridized carbons (Fsp3) is 0.375. The molecule has 4 heteroatoms. The summed E-state index contributed by atoms with van der Waals surface area (Å²) < 4.78 is 4.94. The monoisotopic (exact) mass is 169 g/mol. The van der Waals surface area contributed by atoms with E-state index in [9.17, 15) is 4.79 Å². The molecule has 0 saturated carbocycles. The van der Waals surface area contributed by atoms with Crippen molar-refractivity contribution in [3.8, 4) is 0 Å². The summed E-state index contributed by atoms with van der Waals surface area (Å²) in [5, 5.41) is 11.0. The number of amides is 1. The van der Waals surface area contributed by atoms with Crippen LogP contribution in [-0.2, 0) is 0 Å². The Balaban J connectivity index is 2.59. The van der Waals surface area contributed by atoms with Crippen LogP contribution in [-0.4, -0.2) is 24.2 Å². The summed E-state index contributed by atoms with van der Waals surface area (Å²) >= 11 is 0. The van der Waals surface area contributed by atoms with Gasteiger partial charge in [0, 0.05) is 6.54 Å². The highest BCUT2D eigenvalue weighted by molar-refractivity contribution is 5.94. The second-order valence-corrected chi connectivity index (χ2v) is 2.37. The lowest BCUT2D eigenvalue weighted by atomic mass is 10.2. The standard InChI is InChI=1S/C8H11NO3/c1-6-7(2-5-12-6)8(11)9-3-4-10/h2,5,10H,3-4H2,1H3,(H,9,11). The Morgan fingerprint density at radius 1 is 1.75 bits per heavy atom. The zero-order chi connectivity index (χ0) is 8.97. The van der Waals surface area contributed by atoms with Crippen molar-refractivity contribution in [1.82, 2.24) is 5.32 Å². The van der Waals surface area contributed by atoms with Gasteiger partial charge in [0.15, 0.2) is 0 Å². The lowest BCUT2D eigenvalue weighted by Crippen LogP contribution is -2.26. The van der Waals surface area contributed by atoms with Crippen molar-refractivity contribution in [3.63, 3.8) is 0 Å². The SMILES string of the molecule is Cc1occc1C(=O)NCCO. The van der Waals surface area contributed by atoms with Gasteiger partial charge >= 0.3 is 0 Å². The lowest BCUT2D eigenvalue weighted by molar-refractivity contribution is 0.0943. The number of nitrogens with one attached hydrogen (secondary N) is 1. The van der Waals surface area contributed by atoms with E-state index in [1.165, 1.54) is 6.26 Å². The van der Waals surface area contributed by atoms with E-state index >= 15 is 0 Å². The van der Waals surface area contributed by atoms with Crippen molar-refractivity contribution in [1.29, 1.82) is 0 Å². The molecule has 0 aromatic carbocycles. The molecule has 12 heavy (non-hydrogen) atoms. The van der Waals surface area contributed by atoms with Gasteiger partial charge in [0.2, 0.25) is 0 Å². The van der Waals surface area contributed by atoms with Crippen molar-refractivity contribution in [2.75, 3.05) is 13.2 Å². The van der Waals surface area contributed by atoms with Crippen molar-refractivity contribution >= 4 is 5.91 Å². The summed E-state index contributed by atoms with van der Waals surface area (Å²) in [5.74, 6) is 0.376. The lowest BCUT2D eigenvalue weighted by Gasteiger charge is -2.00. The van der Waals surface area contributed by atoms with Gasteiger partial charge in [-0.15, -0.1) is 0 Å². The van der Waals surface area contributed by atoms with Gasteiger partial charge in [-0.3, -0.25) is 4.79 Å². The minimum Gasteiger partial charge on any atom is -0.469 e. The first kappa shape index (κ1) is 8.80. The van der Waals surface area contributed by atoms with Crippen LogP contribution in [0.25, 0.3) is 0 Å². The van der Waals surface area contributed by atoms with Crippen LogP contribution in [0.15, 0.2) is 16.7 Å². The molecule has 0 saturated heterocycles. The van der Waals surface area contributed by atoms with Gasteiger partial charge in [0.05, 0.1) is 18.4 Å². The molecule has 1 rings (SSSR count). The topological polar surface area (TPSA) is 62.5 Å². The summed E-state index contributed by atoms with van der Waals surface area (Å²) in [4.78, 5) is 11.2. The third-order valence-corrected chi connectivity index (χ3v) is 1.50. The predicted molar refractivity (Wildman–Crippen MR) is 42.9 cm³/mol. The van der Waals surface area contributed by atoms with E-state index in [2.05, 4.69) is 5.32 Å². The number of aryl methyl sites for hydroxylation is 1. The van der Waals surface area contributed by atoms with Crippen LogP contribution < -0.4 is 5.32 Å². The average molecular weight is 169 g/mol. The fourth-order valence-corrected chi connectivity index (χ4v) is 0.885. The van der Waals surface area contributed by atoms with Gasteiger partial charge in [-0.25, -0.2) is 0 Å². The Labute approximate surface area is 70.2 Å². The van der Waals surface area contributed by atoms with Gasteiger partial charge in [0.1, 0.15) is 5.76 Å². The molecule has 0 radical (unpaired) electrons. The number of carbonyl (C=O) groups is 1. The largest absolute Gasteiger partial charge is 0.469 e. The number of aliphatic hydroxyl groups excluding tert-OH is 1.